The summed E-state index contributed by atoms with van der Waals surface area (Å²) in [5, 5.41) is 0. The Morgan fingerprint density at radius 2 is 2.30 bits per heavy atom. The SMILES string of the molecule is NNc1ncc(Br)cc1N. The molecule has 0 fully saturated rings. The van der Waals surface area contributed by atoms with Crippen molar-refractivity contribution in [2.24, 2.45) is 5.84 Å². The molecule has 0 aromatic carbocycles. The predicted molar refractivity (Wildman–Crippen MR) is 44.2 cm³/mol. The lowest BCUT2D eigenvalue weighted by Crippen LogP contribution is -2.10. The Kier molecular flexibility index (Phi) is 2.08. The minimum atomic E-state index is 0.489. The van der Waals surface area contributed by atoms with Crippen LogP contribution in [0.2, 0.25) is 0 Å². The number of hydrogen-bond donors (Lipinski definition) is 3. The maximum Gasteiger partial charge on any atom is 0.163 e. The first kappa shape index (κ1) is 7.30. The summed E-state index contributed by atoms with van der Waals surface area (Å²) < 4.78 is 0.837. The largest absolute Gasteiger partial charge is 0.396 e. The Morgan fingerprint density at radius 3 is 2.80 bits per heavy atom. The molecule has 10 heavy (non-hydrogen) atoms. The van der Waals surface area contributed by atoms with Crippen molar-refractivity contribution in [3.05, 3.63) is 16.7 Å². The highest BCUT2D eigenvalue weighted by molar-refractivity contribution is 9.10. The molecule has 5 N–H and O–H groups in total. The Labute approximate surface area is 66.7 Å². The number of halogens is 1. The van der Waals surface area contributed by atoms with E-state index < -0.39 is 0 Å². The monoisotopic (exact) mass is 202 g/mol. The van der Waals surface area contributed by atoms with Crippen molar-refractivity contribution in [1.29, 1.82) is 0 Å². The van der Waals surface area contributed by atoms with Crippen LogP contribution >= 0.6 is 15.9 Å². The van der Waals surface area contributed by atoms with Gasteiger partial charge in [-0.25, -0.2) is 10.8 Å². The second-order valence-electron chi connectivity index (χ2n) is 1.74. The molecule has 1 heterocycles. The number of nitrogens with zero attached hydrogens (tertiary/aromatic N) is 1. The molecule has 4 nitrogen and oxygen atoms in total. The molecule has 1 rings (SSSR count). The molecule has 0 unspecified atom stereocenters. The first-order valence-electron chi connectivity index (χ1n) is 2.61. The van der Waals surface area contributed by atoms with Crippen LogP contribution in [0, 0.1) is 0 Å². The average molecular weight is 203 g/mol. The number of pyridine rings is 1. The van der Waals surface area contributed by atoms with Crippen LogP contribution in [0.15, 0.2) is 16.7 Å². The van der Waals surface area contributed by atoms with E-state index >= 15 is 0 Å². The lowest BCUT2D eigenvalue weighted by atomic mass is 10.4. The van der Waals surface area contributed by atoms with Crippen molar-refractivity contribution in [2.45, 2.75) is 0 Å². The van der Waals surface area contributed by atoms with Crippen molar-refractivity contribution in [1.82, 2.24) is 4.98 Å². The Balaban J connectivity index is 3.07. The number of anilines is 2. The third-order valence-corrected chi connectivity index (χ3v) is 1.45. The van der Waals surface area contributed by atoms with E-state index in [0.29, 0.717) is 11.5 Å². The lowest BCUT2D eigenvalue weighted by Gasteiger charge is -2.01. The zero-order valence-electron chi connectivity index (χ0n) is 5.13. The number of aromatic nitrogens is 1. The summed E-state index contributed by atoms with van der Waals surface area (Å²) in [6, 6.07) is 1.72. The highest BCUT2D eigenvalue weighted by Gasteiger charge is 1.96. The highest BCUT2D eigenvalue weighted by atomic mass is 79.9. The third kappa shape index (κ3) is 1.37. The number of hydrogen-bond acceptors (Lipinski definition) is 4. The molecule has 0 saturated heterocycles. The molecule has 0 radical (unpaired) electrons. The van der Waals surface area contributed by atoms with Crippen LogP contribution < -0.4 is 17.0 Å². The Morgan fingerprint density at radius 1 is 1.60 bits per heavy atom. The van der Waals surface area contributed by atoms with Crippen LogP contribution in [0.5, 0.6) is 0 Å². The summed E-state index contributed by atoms with van der Waals surface area (Å²) in [5.41, 5.74) is 8.39. The molecular weight excluding hydrogens is 196 g/mol. The van der Waals surface area contributed by atoms with E-state index in [1.165, 1.54) is 0 Å². The molecule has 0 atom stereocenters. The number of nitrogens with two attached hydrogens (primary N) is 2. The normalized spacial score (nSPS) is 9.40. The van der Waals surface area contributed by atoms with Crippen molar-refractivity contribution in [2.75, 3.05) is 11.2 Å². The topological polar surface area (TPSA) is 77.0 Å². The van der Waals surface area contributed by atoms with Gasteiger partial charge in [-0.15, -0.1) is 0 Å². The fraction of sp³-hybridized carbons (Fsp3) is 0. The maximum atomic E-state index is 5.50. The fourth-order valence-electron chi connectivity index (χ4n) is 0.576. The van der Waals surface area contributed by atoms with Gasteiger partial charge in [0.05, 0.1) is 5.69 Å². The van der Waals surface area contributed by atoms with Gasteiger partial charge in [-0.05, 0) is 22.0 Å². The van der Waals surface area contributed by atoms with E-state index in [1.54, 1.807) is 12.3 Å². The Bertz CT molecular complexity index is 237. The van der Waals surface area contributed by atoms with Gasteiger partial charge in [-0.3, -0.25) is 0 Å². The maximum absolute atomic E-state index is 5.50. The summed E-state index contributed by atoms with van der Waals surface area (Å²) in [6.07, 6.45) is 1.62. The molecule has 1 aromatic heterocycles. The first-order valence-corrected chi connectivity index (χ1v) is 3.41. The van der Waals surface area contributed by atoms with Crippen LogP contribution in [0.25, 0.3) is 0 Å². The van der Waals surface area contributed by atoms with E-state index in [2.05, 4.69) is 26.3 Å². The molecule has 5 heteroatoms. The molecule has 0 bridgehead atoms. The molecule has 0 saturated carbocycles. The van der Waals surface area contributed by atoms with Gasteiger partial charge >= 0.3 is 0 Å². The molecule has 0 spiro atoms. The summed E-state index contributed by atoms with van der Waals surface area (Å²) in [5.74, 6) is 5.58. The molecule has 0 aliphatic carbocycles. The highest BCUT2D eigenvalue weighted by Crippen LogP contribution is 2.18. The number of rotatable bonds is 1. The minimum absolute atomic E-state index is 0.489. The second-order valence-corrected chi connectivity index (χ2v) is 2.65. The van der Waals surface area contributed by atoms with Gasteiger partial charge in [0, 0.05) is 10.7 Å². The van der Waals surface area contributed by atoms with Crippen molar-refractivity contribution >= 4 is 27.4 Å². The van der Waals surface area contributed by atoms with Gasteiger partial charge in [0.2, 0.25) is 0 Å². The number of nitrogens with one attached hydrogen (secondary N) is 1. The molecular formula is C5H7BrN4. The van der Waals surface area contributed by atoms with E-state index in [1.807, 2.05) is 0 Å². The van der Waals surface area contributed by atoms with E-state index in [-0.39, 0.29) is 0 Å². The van der Waals surface area contributed by atoms with Gasteiger partial charge in [-0.1, -0.05) is 0 Å². The molecule has 0 aliphatic heterocycles. The number of nitrogen functional groups attached to an aromatic ring is 2. The summed E-state index contributed by atoms with van der Waals surface area (Å²) >= 11 is 3.21. The van der Waals surface area contributed by atoms with Gasteiger partial charge in [0.1, 0.15) is 0 Å². The van der Waals surface area contributed by atoms with Gasteiger partial charge in [-0.2, -0.15) is 0 Å². The smallest absolute Gasteiger partial charge is 0.163 e. The molecule has 0 aliphatic rings. The van der Waals surface area contributed by atoms with E-state index in [0.717, 1.165) is 4.47 Å². The van der Waals surface area contributed by atoms with Crippen molar-refractivity contribution in [3.8, 4) is 0 Å². The van der Waals surface area contributed by atoms with E-state index in [9.17, 15) is 0 Å². The van der Waals surface area contributed by atoms with Gasteiger partial charge in [0.15, 0.2) is 5.82 Å². The predicted octanol–water partition coefficient (Wildman–Crippen LogP) is 0.712. The van der Waals surface area contributed by atoms with Crippen LogP contribution in [0.4, 0.5) is 11.5 Å². The lowest BCUT2D eigenvalue weighted by molar-refractivity contribution is 1.22. The number of hydrazine groups is 1. The third-order valence-electron chi connectivity index (χ3n) is 1.02. The van der Waals surface area contributed by atoms with Gasteiger partial charge in [0.25, 0.3) is 0 Å². The van der Waals surface area contributed by atoms with Crippen LogP contribution in [0.1, 0.15) is 0 Å². The van der Waals surface area contributed by atoms with Crippen LogP contribution in [-0.4, -0.2) is 4.98 Å². The quantitative estimate of drug-likeness (QED) is 0.464. The van der Waals surface area contributed by atoms with E-state index in [4.69, 9.17) is 11.6 Å². The first-order chi connectivity index (χ1) is 4.74. The fourth-order valence-corrected chi connectivity index (χ4v) is 0.925. The minimum Gasteiger partial charge on any atom is -0.396 e. The summed E-state index contributed by atoms with van der Waals surface area (Å²) in [6.45, 7) is 0. The summed E-state index contributed by atoms with van der Waals surface area (Å²) in [4.78, 5) is 3.89. The molecule has 54 valence electrons. The summed E-state index contributed by atoms with van der Waals surface area (Å²) in [7, 11) is 0. The standard InChI is InChI=1S/C5H7BrN4/c6-3-1-4(7)5(10-8)9-2-3/h1-2H,7-8H2,(H,9,10). The van der Waals surface area contributed by atoms with Crippen molar-refractivity contribution < 1.29 is 0 Å². The van der Waals surface area contributed by atoms with Crippen LogP contribution in [-0.2, 0) is 0 Å². The Hall–Kier alpha value is -0.810. The second kappa shape index (κ2) is 2.85. The zero-order chi connectivity index (χ0) is 7.56. The van der Waals surface area contributed by atoms with Crippen LogP contribution in [0.3, 0.4) is 0 Å². The van der Waals surface area contributed by atoms with Gasteiger partial charge < -0.3 is 11.2 Å². The molecule has 0 amide bonds. The average Bonchev–Trinajstić information content (AvgIpc) is 1.88. The van der Waals surface area contributed by atoms with Crippen molar-refractivity contribution in [3.63, 3.8) is 0 Å². The molecule has 1 aromatic rings. The zero-order valence-corrected chi connectivity index (χ0v) is 6.72.